The summed E-state index contributed by atoms with van der Waals surface area (Å²) < 4.78 is 27.3. The van der Waals surface area contributed by atoms with Gasteiger partial charge >= 0.3 is 0 Å². The first kappa shape index (κ1) is 23.3. The fraction of sp³-hybridized carbons (Fsp3) is 0.273. The summed E-state index contributed by atoms with van der Waals surface area (Å²) in [4.78, 5) is 18.5. The van der Waals surface area contributed by atoms with Crippen LogP contribution < -0.4 is 5.32 Å². The van der Waals surface area contributed by atoms with Crippen LogP contribution in [0.25, 0.3) is 11.3 Å². The summed E-state index contributed by atoms with van der Waals surface area (Å²) in [5, 5.41) is 5.96. The summed E-state index contributed by atoms with van der Waals surface area (Å²) in [6.07, 6.45) is 2.90. The van der Waals surface area contributed by atoms with Crippen molar-refractivity contribution in [2.75, 3.05) is 24.7 Å². The molecule has 1 aliphatic rings. The molecule has 0 aliphatic carbocycles. The van der Waals surface area contributed by atoms with E-state index in [1.54, 1.807) is 36.0 Å². The number of aromatic nitrogens is 1. The molecular weight excluding hydrogens is 486 g/mol. The molecule has 0 unspecified atom stereocenters. The van der Waals surface area contributed by atoms with E-state index in [1.165, 1.54) is 15.6 Å². The summed E-state index contributed by atoms with van der Waals surface area (Å²) in [5.74, 6) is -0.369. The maximum atomic E-state index is 12.9. The number of benzene rings is 2. The Morgan fingerprint density at radius 3 is 2.41 bits per heavy atom. The second kappa shape index (κ2) is 9.93. The minimum atomic E-state index is -3.55. The number of amides is 1. The van der Waals surface area contributed by atoms with Gasteiger partial charge in [0.05, 0.1) is 10.6 Å². The predicted octanol–water partition coefficient (Wildman–Crippen LogP) is 5.22. The number of carbonyl (C=O) groups is 1. The third kappa shape index (κ3) is 5.18. The van der Waals surface area contributed by atoms with Crippen LogP contribution in [0.15, 0.2) is 63.7 Å². The third-order valence-corrected chi connectivity index (χ3v) is 9.06. The van der Waals surface area contributed by atoms with Crippen molar-refractivity contribution in [2.45, 2.75) is 22.6 Å². The quantitative estimate of drug-likeness (QED) is 0.462. The lowest BCUT2D eigenvalue weighted by atomic mass is 9.97. The number of thioether (sulfide) groups is 1. The van der Waals surface area contributed by atoms with Crippen molar-refractivity contribution in [1.29, 1.82) is 0 Å². The number of halogens is 1. The van der Waals surface area contributed by atoms with Gasteiger partial charge in [0.1, 0.15) is 0 Å². The molecule has 3 aromatic rings. The number of carbonyl (C=O) groups excluding carboxylic acids is 1. The molecule has 0 bridgehead atoms. The van der Waals surface area contributed by atoms with Gasteiger partial charge in [0.2, 0.25) is 15.9 Å². The first-order valence-electron chi connectivity index (χ1n) is 10.0. The zero-order valence-electron chi connectivity index (χ0n) is 17.3. The van der Waals surface area contributed by atoms with Gasteiger partial charge in [0.15, 0.2) is 5.13 Å². The number of nitrogens with one attached hydrogen (secondary N) is 1. The molecule has 168 valence electrons. The Hall–Kier alpha value is -1.91. The average molecular weight is 508 g/mol. The minimum absolute atomic E-state index is 0.122. The molecule has 1 aliphatic heterocycles. The van der Waals surface area contributed by atoms with Crippen LogP contribution in [-0.4, -0.2) is 43.0 Å². The molecule has 10 heteroatoms. The van der Waals surface area contributed by atoms with E-state index in [4.69, 9.17) is 11.6 Å². The van der Waals surface area contributed by atoms with E-state index >= 15 is 0 Å². The molecule has 0 saturated carbocycles. The first-order chi connectivity index (χ1) is 15.4. The summed E-state index contributed by atoms with van der Waals surface area (Å²) in [6.45, 7) is 0.636. The number of nitrogens with zero attached hydrogens (tertiary/aromatic N) is 2. The summed E-state index contributed by atoms with van der Waals surface area (Å²) in [6, 6.07) is 14.3. The van der Waals surface area contributed by atoms with Gasteiger partial charge in [-0.1, -0.05) is 23.7 Å². The van der Waals surface area contributed by atoms with E-state index in [2.05, 4.69) is 10.3 Å². The zero-order chi connectivity index (χ0) is 22.7. The van der Waals surface area contributed by atoms with Crippen LogP contribution in [0.1, 0.15) is 12.8 Å². The number of thiazole rings is 1. The molecule has 6 nitrogen and oxygen atoms in total. The largest absolute Gasteiger partial charge is 0.302 e. The standard InChI is InChI=1S/C22H22ClN3O3S3/c1-30-18-6-8-19(9-7-18)32(28,29)26-12-10-16(11-13-26)21(27)25-22-24-20(14-31-22)15-2-4-17(23)5-3-15/h2-9,14,16H,10-13H2,1H3,(H,24,25,27). The molecule has 0 spiro atoms. The molecule has 1 saturated heterocycles. The van der Waals surface area contributed by atoms with E-state index in [0.717, 1.165) is 16.2 Å². The maximum Gasteiger partial charge on any atom is 0.243 e. The Morgan fingerprint density at radius 2 is 1.78 bits per heavy atom. The molecule has 1 fully saturated rings. The van der Waals surface area contributed by atoms with Crippen molar-refractivity contribution in [3.63, 3.8) is 0 Å². The first-order valence-corrected chi connectivity index (χ1v) is 14.0. The number of hydrogen-bond acceptors (Lipinski definition) is 6. The zero-order valence-corrected chi connectivity index (χ0v) is 20.5. The molecule has 0 radical (unpaired) electrons. The highest BCUT2D eigenvalue weighted by atomic mass is 35.5. The number of anilines is 1. The highest BCUT2D eigenvalue weighted by Gasteiger charge is 2.32. The Labute approximate surface area is 201 Å². The second-order valence-corrected chi connectivity index (χ2v) is 11.5. The molecule has 4 rings (SSSR count). The normalized spacial score (nSPS) is 15.6. The van der Waals surface area contributed by atoms with E-state index in [-0.39, 0.29) is 16.7 Å². The van der Waals surface area contributed by atoms with Crippen molar-refractivity contribution in [3.05, 3.63) is 58.9 Å². The molecule has 0 atom stereocenters. The van der Waals surface area contributed by atoms with E-state index in [1.807, 2.05) is 35.9 Å². The molecular formula is C22H22ClN3O3S3. The van der Waals surface area contributed by atoms with Crippen LogP contribution >= 0.6 is 34.7 Å². The number of hydrogen-bond donors (Lipinski definition) is 1. The van der Waals surface area contributed by atoms with Gasteiger partial charge in [-0.3, -0.25) is 4.79 Å². The lowest BCUT2D eigenvalue weighted by molar-refractivity contribution is -0.120. The van der Waals surface area contributed by atoms with Crippen molar-refractivity contribution in [2.24, 2.45) is 5.92 Å². The van der Waals surface area contributed by atoms with Crippen molar-refractivity contribution < 1.29 is 13.2 Å². The highest BCUT2D eigenvalue weighted by Crippen LogP contribution is 2.29. The van der Waals surface area contributed by atoms with Crippen LogP contribution in [0.2, 0.25) is 5.02 Å². The van der Waals surface area contributed by atoms with Gasteiger partial charge in [-0.2, -0.15) is 4.31 Å². The van der Waals surface area contributed by atoms with Gasteiger partial charge in [0, 0.05) is 39.9 Å². The van der Waals surface area contributed by atoms with E-state index < -0.39 is 10.0 Å². The van der Waals surface area contributed by atoms with Gasteiger partial charge in [-0.15, -0.1) is 23.1 Å². The SMILES string of the molecule is CSc1ccc(S(=O)(=O)N2CCC(C(=O)Nc3nc(-c4ccc(Cl)cc4)cs3)CC2)cc1. The number of piperidine rings is 1. The molecule has 1 N–H and O–H groups in total. The van der Waals surface area contributed by atoms with Crippen LogP contribution in [0.5, 0.6) is 0 Å². The Kier molecular flexibility index (Phi) is 7.21. The molecule has 2 heterocycles. The van der Waals surface area contributed by atoms with Crippen molar-refractivity contribution in [3.8, 4) is 11.3 Å². The van der Waals surface area contributed by atoms with Crippen LogP contribution in [0.3, 0.4) is 0 Å². The van der Waals surface area contributed by atoms with Gasteiger partial charge in [-0.05, 0) is 55.5 Å². The fourth-order valence-electron chi connectivity index (χ4n) is 3.55. The van der Waals surface area contributed by atoms with Gasteiger partial charge < -0.3 is 5.32 Å². The van der Waals surface area contributed by atoms with Crippen molar-refractivity contribution in [1.82, 2.24) is 9.29 Å². The average Bonchev–Trinajstić information content (AvgIpc) is 3.28. The Morgan fingerprint density at radius 1 is 1.12 bits per heavy atom. The summed E-state index contributed by atoms with van der Waals surface area (Å²) >= 11 is 8.86. The lowest BCUT2D eigenvalue weighted by Crippen LogP contribution is -2.41. The summed E-state index contributed by atoms with van der Waals surface area (Å²) in [5.41, 5.74) is 1.70. The Balaban J connectivity index is 1.35. The number of rotatable bonds is 6. The maximum absolute atomic E-state index is 12.9. The Bertz CT molecular complexity index is 1190. The molecule has 32 heavy (non-hydrogen) atoms. The van der Waals surface area contributed by atoms with Gasteiger partial charge in [0.25, 0.3) is 0 Å². The lowest BCUT2D eigenvalue weighted by Gasteiger charge is -2.30. The van der Waals surface area contributed by atoms with Crippen LogP contribution in [0, 0.1) is 5.92 Å². The predicted molar refractivity (Wildman–Crippen MR) is 131 cm³/mol. The van der Waals surface area contributed by atoms with E-state index in [9.17, 15) is 13.2 Å². The monoisotopic (exact) mass is 507 g/mol. The smallest absolute Gasteiger partial charge is 0.243 e. The number of sulfonamides is 1. The van der Waals surface area contributed by atoms with E-state index in [0.29, 0.717) is 36.1 Å². The fourth-order valence-corrected chi connectivity index (χ4v) is 6.27. The van der Waals surface area contributed by atoms with Crippen LogP contribution in [-0.2, 0) is 14.8 Å². The topological polar surface area (TPSA) is 79.4 Å². The van der Waals surface area contributed by atoms with Crippen molar-refractivity contribution >= 4 is 55.8 Å². The van der Waals surface area contributed by atoms with Gasteiger partial charge in [-0.25, -0.2) is 13.4 Å². The molecule has 2 aromatic carbocycles. The second-order valence-electron chi connectivity index (χ2n) is 7.39. The third-order valence-electron chi connectivity index (χ3n) is 5.40. The summed E-state index contributed by atoms with van der Waals surface area (Å²) in [7, 11) is -3.55. The van der Waals surface area contributed by atoms with Crippen LogP contribution in [0.4, 0.5) is 5.13 Å². The molecule has 1 aromatic heterocycles. The minimum Gasteiger partial charge on any atom is -0.302 e. The molecule has 1 amide bonds. The highest BCUT2D eigenvalue weighted by molar-refractivity contribution is 7.98.